The molecule has 0 saturated heterocycles. The highest BCUT2D eigenvalue weighted by Gasteiger charge is 2.41. The largest absolute Gasteiger partial charge is 0.408 e. The molecule has 0 bridgehead atoms. The van der Waals surface area contributed by atoms with Crippen molar-refractivity contribution in [3.63, 3.8) is 0 Å². The molecule has 24 heavy (non-hydrogen) atoms. The van der Waals surface area contributed by atoms with Gasteiger partial charge in [0.15, 0.2) is 8.32 Å². The molecule has 1 atom stereocenters. The number of hydrogen-bond donors (Lipinski definition) is 1. The molecule has 1 saturated carbocycles. The third kappa shape index (κ3) is 5.04. The molecule has 0 aromatic heterocycles. The SMILES string of the molecule is CC[Si](CC)(CC)OC1(/C=C/C(O)Cc2ccccc2)CCCC1. The molecule has 1 N–H and O–H groups in total. The second-order valence-corrected chi connectivity index (χ2v) is 11.9. The van der Waals surface area contributed by atoms with Gasteiger partial charge in [0, 0.05) is 6.42 Å². The summed E-state index contributed by atoms with van der Waals surface area (Å²) in [5.74, 6) is 0. The average molecular weight is 347 g/mol. The predicted molar refractivity (Wildman–Crippen MR) is 105 cm³/mol. The standard InChI is InChI=1S/C21H34O2Si/c1-4-24(5-2,6-3)23-21(15-10-11-16-21)17-14-20(22)18-19-12-8-7-9-13-19/h7-9,12-14,17,20,22H,4-6,10-11,15-16,18H2,1-3H3/b17-14+. The van der Waals surface area contributed by atoms with Crippen LogP contribution in [-0.2, 0) is 10.8 Å². The molecule has 0 radical (unpaired) electrons. The molecule has 1 fully saturated rings. The van der Waals surface area contributed by atoms with Gasteiger partial charge in [-0.3, -0.25) is 0 Å². The summed E-state index contributed by atoms with van der Waals surface area (Å²) in [7, 11) is -1.63. The lowest BCUT2D eigenvalue weighted by Gasteiger charge is -2.39. The Hall–Kier alpha value is -0.903. The Labute approximate surface area is 149 Å². The first kappa shape index (κ1) is 19.4. The third-order valence-electron chi connectivity index (χ3n) is 5.71. The number of aliphatic hydroxyl groups is 1. The summed E-state index contributed by atoms with van der Waals surface area (Å²) >= 11 is 0. The summed E-state index contributed by atoms with van der Waals surface area (Å²) in [6, 6.07) is 13.8. The van der Waals surface area contributed by atoms with Crippen molar-refractivity contribution in [2.75, 3.05) is 0 Å². The van der Waals surface area contributed by atoms with E-state index in [0.29, 0.717) is 6.42 Å². The molecule has 1 aliphatic rings. The van der Waals surface area contributed by atoms with Crippen molar-refractivity contribution < 1.29 is 9.53 Å². The van der Waals surface area contributed by atoms with Gasteiger partial charge < -0.3 is 9.53 Å². The van der Waals surface area contributed by atoms with Gasteiger partial charge in [0.2, 0.25) is 0 Å². The maximum absolute atomic E-state index is 10.4. The van der Waals surface area contributed by atoms with Gasteiger partial charge in [0.05, 0.1) is 11.7 Å². The Bertz CT molecular complexity index is 494. The van der Waals surface area contributed by atoms with E-state index >= 15 is 0 Å². The van der Waals surface area contributed by atoms with Gasteiger partial charge in [0.25, 0.3) is 0 Å². The minimum atomic E-state index is -1.63. The first-order valence-electron chi connectivity index (χ1n) is 9.68. The zero-order valence-corrected chi connectivity index (χ0v) is 16.6. The quantitative estimate of drug-likeness (QED) is 0.474. The van der Waals surface area contributed by atoms with Gasteiger partial charge in [0.1, 0.15) is 0 Å². The van der Waals surface area contributed by atoms with Crippen LogP contribution in [0.1, 0.15) is 52.0 Å². The van der Waals surface area contributed by atoms with Crippen molar-refractivity contribution >= 4 is 8.32 Å². The van der Waals surface area contributed by atoms with E-state index in [0.717, 1.165) is 12.8 Å². The second kappa shape index (κ2) is 8.98. The molecule has 0 heterocycles. The monoisotopic (exact) mass is 346 g/mol. The Morgan fingerprint density at radius 1 is 1.08 bits per heavy atom. The van der Waals surface area contributed by atoms with Gasteiger partial charge >= 0.3 is 0 Å². The summed E-state index contributed by atoms with van der Waals surface area (Å²) in [5.41, 5.74) is 1.06. The lowest BCUT2D eigenvalue weighted by atomic mass is 10.00. The molecule has 1 aromatic carbocycles. The Kier molecular flexibility index (Phi) is 7.27. The normalized spacial score (nSPS) is 19.0. The molecule has 2 rings (SSSR count). The first-order chi connectivity index (χ1) is 11.6. The zero-order chi connectivity index (χ0) is 17.5. The van der Waals surface area contributed by atoms with Crippen LogP contribution in [0.5, 0.6) is 0 Å². The van der Waals surface area contributed by atoms with E-state index in [2.05, 4.69) is 39.0 Å². The summed E-state index contributed by atoms with van der Waals surface area (Å²) in [6.45, 7) is 6.86. The Morgan fingerprint density at radius 3 is 2.21 bits per heavy atom. The number of rotatable bonds is 9. The number of aliphatic hydroxyl groups excluding tert-OH is 1. The smallest absolute Gasteiger partial charge is 0.193 e. The van der Waals surface area contributed by atoms with E-state index in [1.807, 2.05) is 24.3 Å². The van der Waals surface area contributed by atoms with E-state index in [1.54, 1.807) is 0 Å². The van der Waals surface area contributed by atoms with Gasteiger partial charge in [-0.05, 0) is 36.5 Å². The molecule has 1 aromatic rings. The van der Waals surface area contributed by atoms with Crippen molar-refractivity contribution in [1.82, 2.24) is 0 Å². The van der Waals surface area contributed by atoms with Crippen LogP contribution in [0.3, 0.4) is 0 Å². The van der Waals surface area contributed by atoms with Gasteiger partial charge in [-0.25, -0.2) is 0 Å². The van der Waals surface area contributed by atoms with Gasteiger partial charge in [-0.15, -0.1) is 0 Å². The molecule has 1 unspecified atom stereocenters. The topological polar surface area (TPSA) is 29.5 Å². The molecule has 0 amide bonds. The maximum Gasteiger partial charge on any atom is 0.193 e. The van der Waals surface area contributed by atoms with Crippen LogP contribution in [0.15, 0.2) is 42.5 Å². The lowest BCUT2D eigenvalue weighted by Crippen LogP contribution is -2.45. The van der Waals surface area contributed by atoms with Crippen molar-refractivity contribution in [3.05, 3.63) is 48.0 Å². The minimum Gasteiger partial charge on any atom is -0.408 e. The van der Waals surface area contributed by atoms with Gasteiger partial charge in [-0.1, -0.05) is 76.1 Å². The first-order valence-corrected chi connectivity index (χ1v) is 12.2. The van der Waals surface area contributed by atoms with Crippen LogP contribution in [0.2, 0.25) is 18.1 Å². The number of hydrogen-bond acceptors (Lipinski definition) is 2. The molecule has 0 spiro atoms. The molecular formula is C21H34O2Si. The zero-order valence-electron chi connectivity index (χ0n) is 15.6. The average Bonchev–Trinajstić information content (AvgIpc) is 3.08. The molecular weight excluding hydrogens is 312 g/mol. The van der Waals surface area contributed by atoms with E-state index < -0.39 is 14.4 Å². The van der Waals surface area contributed by atoms with E-state index in [1.165, 1.54) is 36.5 Å². The maximum atomic E-state index is 10.4. The van der Waals surface area contributed by atoms with E-state index in [9.17, 15) is 5.11 Å². The van der Waals surface area contributed by atoms with Crippen LogP contribution in [0.25, 0.3) is 0 Å². The summed E-state index contributed by atoms with van der Waals surface area (Å²) in [6.07, 6.45) is 9.11. The van der Waals surface area contributed by atoms with Gasteiger partial charge in [-0.2, -0.15) is 0 Å². The van der Waals surface area contributed by atoms with Crippen molar-refractivity contribution in [1.29, 1.82) is 0 Å². The van der Waals surface area contributed by atoms with Crippen molar-refractivity contribution in [2.45, 2.75) is 82.7 Å². The second-order valence-electron chi connectivity index (χ2n) is 7.23. The number of benzene rings is 1. The Balaban J connectivity index is 2.06. The fourth-order valence-electron chi connectivity index (χ4n) is 3.88. The fourth-order valence-corrected chi connectivity index (χ4v) is 6.95. The van der Waals surface area contributed by atoms with Crippen LogP contribution in [-0.4, -0.2) is 25.1 Å². The molecule has 2 nitrogen and oxygen atoms in total. The Morgan fingerprint density at radius 2 is 1.67 bits per heavy atom. The van der Waals surface area contributed by atoms with Crippen LogP contribution < -0.4 is 0 Å². The van der Waals surface area contributed by atoms with E-state index in [-0.39, 0.29) is 5.60 Å². The van der Waals surface area contributed by atoms with E-state index in [4.69, 9.17) is 4.43 Å². The van der Waals surface area contributed by atoms with Crippen molar-refractivity contribution in [3.8, 4) is 0 Å². The lowest BCUT2D eigenvalue weighted by molar-refractivity contribution is 0.111. The minimum absolute atomic E-state index is 0.119. The van der Waals surface area contributed by atoms with Crippen LogP contribution >= 0.6 is 0 Å². The highest BCUT2D eigenvalue weighted by atomic mass is 28.4. The molecule has 3 heteroatoms. The fraction of sp³-hybridized carbons (Fsp3) is 0.619. The highest BCUT2D eigenvalue weighted by molar-refractivity contribution is 6.73. The van der Waals surface area contributed by atoms with Crippen LogP contribution in [0, 0.1) is 0 Å². The molecule has 0 aliphatic heterocycles. The summed E-state index contributed by atoms with van der Waals surface area (Å²) in [4.78, 5) is 0. The molecule has 1 aliphatic carbocycles. The summed E-state index contributed by atoms with van der Waals surface area (Å²) in [5, 5.41) is 10.4. The van der Waals surface area contributed by atoms with Crippen LogP contribution in [0.4, 0.5) is 0 Å². The van der Waals surface area contributed by atoms with Crippen molar-refractivity contribution in [2.24, 2.45) is 0 Å². The molecule has 134 valence electrons. The predicted octanol–water partition coefficient (Wildman–Crippen LogP) is 5.48. The highest BCUT2D eigenvalue weighted by Crippen LogP contribution is 2.40. The third-order valence-corrected chi connectivity index (χ3v) is 10.4. The summed E-state index contributed by atoms with van der Waals surface area (Å²) < 4.78 is 6.88.